The fourth-order valence-electron chi connectivity index (χ4n) is 6.45. The monoisotopic (exact) mass is 550 g/mol. The molecular formula is C31H42N4O3S. The number of nitrogens with zero attached hydrogens (tertiary/aromatic N) is 3. The van der Waals surface area contributed by atoms with Gasteiger partial charge in [-0.15, -0.1) is 0 Å². The molecule has 1 unspecified atom stereocenters. The Morgan fingerprint density at radius 3 is 2.59 bits per heavy atom. The molecule has 210 valence electrons. The highest BCUT2D eigenvalue weighted by atomic mass is 32.2. The lowest BCUT2D eigenvalue weighted by Crippen LogP contribution is -2.56. The average molecular weight is 551 g/mol. The first kappa shape index (κ1) is 28.0. The van der Waals surface area contributed by atoms with Gasteiger partial charge in [-0.2, -0.15) is 0 Å². The van der Waals surface area contributed by atoms with Gasteiger partial charge in [-0.05, 0) is 69.0 Å². The molecule has 2 fully saturated rings. The van der Waals surface area contributed by atoms with Crippen molar-refractivity contribution in [2.75, 3.05) is 56.9 Å². The molecule has 0 bridgehead atoms. The number of carbonyl (C=O) groups excluding carboxylic acids is 2. The van der Waals surface area contributed by atoms with E-state index in [9.17, 15) is 9.59 Å². The molecule has 0 saturated carbocycles. The Bertz CT molecular complexity index is 1170. The molecule has 2 atom stereocenters. The number of hydrogen-bond donors (Lipinski definition) is 1. The molecule has 1 N–H and O–H groups in total. The van der Waals surface area contributed by atoms with E-state index in [0.29, 0.717) is 19.7 Å². The van der Waals surface area contributed by atoms with Gasteiger partial charge in [0.15, 0.2) is 0 Å². The lowest BCUT2D eigenvalue weighted by molar-refractivity contribution is -0.141. The van der Waals surface area contributed by atoms with E-state index in [0.717, 1.165) is 56.4 Å². The van der Waals surface area contributed by atoms with Crippen LogP contribution < -0.4 is 9.62 Å². The van der Waals surface area contributed by atoms with Gasteiger partial charge >= 0.3 is 0 Å². The molecule has 7 nitrogen and oxygen atoms in total. The summed E-state index contributed by atoms with van der Waals surface area (Å²) in [6.45, 7) is 6.75. The Labute approximate surface area is 237 Å². The standard InChI is InChI=1S/C31H42N4O3S/c1-23-9-4-5-10-25(23)20-38-21-27(32-29(36)24-11-8-16-33(2)19-24)30(37)34-17-14-31(15-18-34)22-35(39-3)28-13-7-6-12-26(28)31/h4-7,9-10,12-13,24,27H,8,11,14-22H2,1-3H3,(H,32,36)/t24-,27?/m0/s1. The summed E-state index contributed by atoms with van der Waals surface area (Å²) < 4.78 is 8.46. The second kappa shape index (κ2) is 12.3. The first-order valence-corrected chi connectivity index (χ1v) is 15.4. The Balaban J connectivity index is 1.26. The van der Waals surface area contributed by atoms with Crippen molar-refractivity contribution >= 4 is 29.4 Å². The van der Waals surface area contributed by atoms with Crippen molar-refractivity contribution in [2.45, 2.75) is 50.7 Å². The molecule has 8 heteroatoms. The van der Waals surface area contributed by atoms with E-state index in [2.05, 4.69) is 65.1 Å². The van der Waals surface area contributed by atoms with E-state index in [1.165, 1.54) is 11.3 Å². The third-order valence-corrected chi connectivity index (χ3v) is 9.62. The van der Waals surface area contributed by atoms with Crippen LogP contribution in [0.25, 0.3) is 0 Å². The summed E-state index contributed by atoms with van der Waals surface area (Å²) in [4.78, 5) is 31.3. The van der Waals surface area contributed by atoms with Crippen LogP contribution in [0.4, 0.5) is 5.69 Å². The number of piperidine rings is 2. The maximum Gasteiger partial charge on any atom is 0.247 e. The minimum absolute atomic E-state index is 0.0276. The summed E-state index contributed by atoms with van der Waals surface area (Å²) in [5, 5.41) is 3.10. The molecule has 3 aliphatic rings. The second-order valence-corrected chi connectivity index (χ2v) is 12.3. The molecule has 39 heavy (non-hydrogen) atoms. The molecule has 1 spiro atoms. The van der Waals surface area contributed by atoms with Crippen molar-refractivity contribution in [3.63, 3.8) is 0 Å². The molecule has 0 aromatic heterocycles. The maximum absolute atomic E-state index is 13.9. The minimum Gasteiger partial charge on any atom is -0.374 e. The van der Waals surface area contributed by atoms with Crippen molar-refractivity contribution in [1.29, 1.82) is 0 Å². The van der Waals surface area contributed by atoms with Gasteiger partial charge in [0, 0.05) is 37.8 Å². The summed E-state index contributed by atoms with van der Waals surface area (Å²) in [6.07, 6.45) is 5.83. The van der Waals surface area contributed by atoms with Crippen molar-refractivity contribution in [2.24, 2.45) is 5.92 Å². The molecule has 2 amide bonds. The van der Waals surface area contributed by atoms with Gasteiger partial charge in [0.05, 0.1) is 24.8 Å². The number of amides is 2. The number of anilines is 1. The highest BCUT2D eigenvalue weighted by Gasteiger charge is 2.45. The van der Waals surface area contributed by atoms with E-state index < -0.39 is 6.04 Å². The Kier molecular flexibility index (Phi) is 8.84. The zero-order chi connectivity index (χ0) is 27.4. The largest absolute Gasteiger partial charge is 0.374 e. The van der Waals surface area contributed by atoms with Crippen LogP contribution in [0.5, 0.6) is 0 Å². The highest BCUT2D eigenvalue weighted by Crippen LogP contribution is 2.48. The summed E-state index contributed by atoms with van der Waals surface area (Å²) in [6, 6.07) is 16.1. The zero-order valence-corrected chi connectivity index (χ0v) is 24.3. The topological polar surface area (TPSA) is 65.1 Å². The molecule has 0 radical (unpaired) electrons. The Hall–Kier alpha value is -2.55. The lowest BCUT2D eigenvalue weighted by atomic mass is 9.74. The number of fused-ring (bicyclic) bond motifs is 2. The number of para-hydroxylation sites is 1. The smallest absolute Gasteiger partial charge is 0.247 e. The molecule has 5 rings (SSSR count). The molecule has 3 aliphatic heterocycles. The molecule has 2 aromatic carbocycles. The summed E-state index contributed by atoms with van der Waals surface area (Å²) in [5.74, 6) is -0.152. The van der Waals surface area contributed by atoms with Crippen LogP contribution in [-0.2, 0) is 26.3 Å². The lowest BCUT2D eigenvalue weighted by Gasteiger charge is -2.41. The van der Waals surface area contributed by atoms with Crippen LogP contribution in [0.15, 0.2) is 48.5 Å². The maximum atomic E-state index is 13.9. The number of ether oxygens (including phenoxy) is 1. The molecule has 2 aromatic rings. The number of aryl methyl sites for hydroxylation is 1. The van der Waals surface area contributed by atoms with E-state index in [1.54, 1.807) is 11.9 Å². The number of carbonyl (C=O) groups is 2. The molecule has 0 aliphatic carbocycles. The third kappa shape index (κ3) is 6.13. The van der Waals surface area contributed by atoms with Crippen LogP contribution >= 0.6 is 11.9 Å². The van der Waals surface area contributed by atoms with E-state index in [4.69, 9.17) is 4.74 Å². The summed E-state index contributed by atoms with van der Waals surface area (Å²) in [5.41, 5.74) is 5.04. The van der Waals surface area contributed by atoms with Crippen molar-refractivity contribution in [3.8, 4) is 0 Å². The fourth-order valence-corrected chi connectivity index (χ4v) is 7.19. The quantitative estimate of drug-likeness (QED) is 0.502. The minimum atomic E-state index is -0.679. The number of nitrogens with one attached hydrogen (secondary N) is 1. The van der Waals surface area contributed by atoms with Gasteiger partial charge < -0.3 is 24.2 Å². The van der Waals surface area contributed by atoms with Crippen molar-refractivity contribution < 1.29 is 14.3 Å². The van der Waals surface area contributed by atoms with Crippen molar-refractivity contribution in [3.05, 3.63) is 65.2 Å². The Morgan fingerprint density at radius 1 is 1.10 bits per heavy atom. The summed E-state index contributed by atoms with van der Waals surface area (Å²) >= 11 is 1.77. The predicted molar refractivity (Wildman–Crippen MR) is 158 cm³/mol. The molecule has 2 saturated heterocycles. The first-order chi connectivity index (χ1) is 18.9. The van der Waals surface area contributed by atoms with Gasteiger partial charge in [0.1, 0.15) is 6.04 Å². The first-order valence-electron chi connectivity index (χ1n) is 14.2. The zero-order valence-electron chi connectivity index (χ0n) is 23.5. The molecular weight excluding hydrogens is 508 g/mol. The fraction of sp³-hybridized carbons (Fsp3) is 0.548. The van der Waals surface area contributed by atoms with Gasteiger partial charge in [-0.1, -0.05) is 54.4 Å². The molecule has 3 heterocycles. The number of likely N-dealkylation sites (tertiary alicyclic amines) is 2. The summed E-state index contributed by atoms with van der Waals surface area (Å²) in [7, 11) is 2.05. The van der Waals surface area contributed by atoms with Gasteiger partial charge in [-0.25, -0.2) is 0 Å². The van der Waals surface area contributed by atoms with Crippen LogP contribution in [0, 0.1) is 12.8 Å². The van der Waals surface area contributed by atoms with E-state index >= 15 is 0 Å². The van der Waals surface area contributed by atoms with Crippen LogP contribution in [0.1, 0.15) is 42.4 Å². The number of benzene rings is 2. The SMILES string of the molecule is CSN1CC2(CCN(C(=O)C(COCc3ccccc3C)NC(=O)[C@H]3CCCN(C)C3)CC2)c2ccccc21. The van der Waals surface area contributed by atoms with Crippen molar-refractivity contribution in [1.82, 2.24) is 15.1 Å². The van der Waals surface area contributed by atoms with Gasteiger partial charge in [0.25, 0.3) is 0 Å². The van der Waals surface area contributed by atoms with Gasteiger partial charge in [-0.3, -0.25) is 9.59 Å². The van der Waals surface area contributed by atoms with E-state index in [-0.39, 0.29) is 29.8 Å². The van der Waals surface area contributed by atoms with Gasteiger partial charge in [0.2, 0.25) is 11.8 Å². The Morgan fingerprint density at radius 2 is 1.85 bits per heavy atom. The second-order valence-electron chi connectivity index (χ2n) is 11.4. The van der Waals surface area contributed by atoms with Crippen LogP contribution in [-0.4, -0.2) is 80.3 Å². The van der Waals surface area contributed by atoms with E-state index in [1.807, 2.05) is 23.1 Å². The van der Waals surface area contributed by atoms with Crippen LogP contribution in [0.2, 0.25) is 0 Å². The number of hydrogen-bond acceptors (Lipinski definition) is 6. The highest BCUT2D eigenvalue weighted by molar-refractivity contribution is 8.00. The normalized spacial score (nSPS) is 21.6. The predicted octanol–water partition coefficient (Wildman–Crippen LogP) is 4.00. The number of rotatable bonds is 8. The third-order valence-electron chi connectivity index (χ3n) is 8.86. The van der Waals surface area contributed by atoms with Crippen LogP contribution in [0.3, 0.4) is 0 Å². The average Bonchev–Trinajstić information content (AvgIpc) is 3.26.